The summed E-state index contributed by atoms with van der Waals surface area (Å²) in [5, 5.41) is 3.44. The lowest BCUT2D eigenvalue weighted by molar-refractivity contribution is -0.136. The molecule has 96 valence electrons. The Morgan fingerprint density at radius 2 is 2.00 bits per heavy atom. The zero-order chi connectivity index (χ0) is 13.0. The van der Waals surface area contributed by atoms with Crippen LogP contribution in [0.15, 0.2) is 41.6 Å². The first-order valence-electron chi connectivity index (χ1n) is 6.34. The lowest BCUT2D eigenvalue weighted by Gasteiger charge is -2.17. The number of hydrogen-bond donors (Lipinski definition) is 1. The zero-order valence-corrected chi connectivity index (χ0v) is 10.9. The molecule has 3 nitrogen and oxygen atoms in total. The standard InChI is InChI=1S/C15H19NO2/c1-11(12-7-4-3-5-8-12)16-14-10-6-9-13(14)15(17)18-2/h3-5,7-8,11,16H,6,9-10H2,1-2H3. The minimum atomic E-state index is -0.199. The molecule has 3 heteroatoms. The van der Waals surface area contributed by atoms with Crippen LogP contribution in [-0.2, 0) is 9.53 Å². The van der Waals surface area contributed by atoms with E-state index in [0.717, 1.165) is 30.5 Å². The fraction of sp³-hybridized carbons (Fsp3) is 0.400. The molecular weight excluding hydrogens is 226 g/mol. The summed E-state index contributed by atoms with van der Waals surface area (Å²) in [6, 6.07) is 10.4. The zero-order valence-electron chi connectivity index (χ0n) is 10.9. The lowest BCUT2D eigenvalue weighted by atomic mass is 10.1. The first kappa shape index (κ1) is 12.7. The molecule has 0 radical (unpaired) electrons. The van der Waals surface area contributed by atoms with E-state index in [2.05, 4.69) is 24.4 Å². The van der Waals surface area contributed by atoms with Gasteiger partial charge in [-0.25, -0.2) is 4.79 Å². The number of carbonyl (C=O) groups is 1. The van der Waals surface area contributed by atoms with Gasteiger partial charge in [-0.3, -0.25) is 0 Å². The quantitative estimate of drug-likeness (QED) is 0.829. The second kappa shape index (κ2) is 5.71. The third-order valence-corrected chi connectivity index (χ3v) is 3.34. The maximum atomic E-state index is 11.6. The van der Waals surface area contributed by atoms with Crippen molar-refractivity contribution < 1.29 is 9.53 Å². The molecule has 1 aromatic carbocycles. The minimum absolute atomic E-state index is 0.199. The van der Waals surface area contributed by atoms with Crippen molar-refractivity contribution in [2.24, 2.45) is 0 Å². The largest absolute Gasteiger partial charge is 0.466 e. The van der Waals surface area contributed by atoms with Gasteiger partial charge in [-0.05, 0) is 31.7 Å². The highest BCUT2D eigenvalue weighted by Gasteiger charge is 2.22. The molecule has 1 N–H and O–H groups in total. The fourth-order valence-corrected chi connectivity index (χ4v) is 2.34. The number of esters is 1. The van der Waals surface area contributed by atoms with Gasteiger partial charge in [0.05, 0.1) is 12.7 Å². The Kier molecular flexibility index (Phi) is 4.03. The number of carbonyl (C=O) groups excluding carboxylic acids is 1. The van der Waals surface area contributed by atoms with E-state index in [4.69, 9.17) is 4.74 Å². The number of benzene rings is 1. The van der Waals surface area contributed by atoms with Crippen LogP contribution >= 0.6 is 0 Å². The second-order valence-electron chi connectivity index (χ2n) is 4.58. The van der Waals surface area contributed by atoms with Gasteiger partial charge < -0.3 is 10.1 Å². The maximum absolute atomic E-state index is 11.6. The summed E-state index contributed by atoms with van der Waals surface area (Å²) in [5.74, 6) is -0.199. The van der Waals surface area contributed by atoms with Gasteiger partial charge in [0.1, 0.15) is 0 Å². The third kappa shape index (κ3) is 2.73. The Morgan fingerprint density at radius 3 is 2.67 bits per heavy atom. The van der Waals surface area contributed by atoms with E-state index >= 15 is 0 Å². The van der Waals surface area contributed by atoms with E-state index in [0.29, 0.717) is 0 Å². The number of rotatable bonds is 4. The van der Waals surface area contributed by atoms with Crippen LogP contribution in [0.25, 0.3) is 0 Å². The Bertz CT molecular complexity index is 451. The van der Waals surface area contributed by atoms with Crippen molar-refractivity contribution in [1.29, 1.82) is 0 Å². The number of nitrogens with one attached hydrogen (secondary N) is 1. The van der Waals surface area contributed by atoms with Crippen LogP contribution in [0.2, 0.25) is 0 Å². The van der Waals surface area contributed by atoms with Gasteiger partial charge in [-0.2, -0.15) is 0 Å². The molecule has 1 aliphatic rings. The summed E-state index contributed by atoms with van der Waals surface area (Å²) in [7, 11) is 1.44. The molecule has 1 atom stereocenters. The maximum Gasteiger partial charge on any atom is 0.335 e. The molecule has 0 aliphatic heterocycles. The van der Waals surface area contributed by atoms with E-state index in [1.165, 1.54) is 12.7 Å². The minimum Gasteiger partial charge on any atom is -0.466 e. The van der Waals surface area contributed by atoms with E-state index in [9.17, 15) is 4.79 Å². The van der Waals surface area contributed by atoms with E-state index in [1.54, 1.807) is 0 Å². The van der Waals surface area contributed by atoms with Gasteiger partial charge in [0, 0.05) is 11.7 Å². The van der Waals surface area contributed by atoms with Crippen molar-refractivity contribution in [3.63, 3.8) is 0 Å². The van der Waals surface area contributed by atoms with E-state index in [1.807, 2.05) is 18.2 Å². The first-order chi connectivity index (χ1) is 8.72. The molecule has 18 heavy (non-hydrogen) atoms. The molecule has 1 aliphatic carbocycles. The van der Waals surface area contributed by atoms with Crippen LogP contribution < -0.4 is 5.32 Å². The molecule has 2 rings (SSSR count). The van der Waals surface area contributed by atoms with Gasteiger partial charge in [-0.15, -0.1) is 0 Å². The van der Waals surface area contributed by atoms with Crippen molar-refractivity contribution in [2.75, 3.05) is 7.11 Å². The molecule has 0 aromatic heterocycles. The predicted molar refractivity (Wildman–Crippen MR) is 70.9 cm³/mol. The van der Waals surface area contributed by atoms with Crippen molar-refractivity contribution in [3.05, 3.63) is 47.2 Å². The molecule has 0 saturated carbocycles. The molecule has 0 fully saturated rings. The molecule has 0 heterocycles. The number of hydrogen-bond acceptors (Lipinski definition) is 3. The van der Waals surface area contributed by atoms with Gasteiger partial charge in [0.25, 0.3) is 0 Å². The molecule has 0 amide bonds. The summed E-state index contributed by atoms with van der Waals surface area (Å²) in [6.45, 7) is 2.11. The molecule has 1 unspecified atom stereocenters. The Balaban J connectivity index is 2.11. The molecule has 0 saturated heterocycles. The van der Waals surface area contributed by atoms with Crippen molar-refractivity contribution in [1.82, 2.24) is 5.32 Å². The molecule has 0 bridgehead atoms. The van der Waals surface area contributed by atoms with E-state index in [-0.39, 0.29) is 12.0 Å². The predicted octanol–water partition coefficient (Wildman–Crippen LogP) is 2.95. The Morgan fingerprint density at radius 1 is 1.28 bits per heavy atom. The number of allylic oxidation sites excluding steroid dienone is 1. The normalized spacial score (nSPS) is 16.6. The topological polar surface area (TPSA) is 38.3 Å². The number of methoxy groups -OCH3 is 1. The van der Waals surface area contributed by atoms with Gasteiger partial charge in [-0.1, -0.05) is 30.3 Å². The summed E-state index contributed by atoms with van der Waals surface area (Å²) in [5.41, 5.74) is 3.07. The Labute approximate surface area is 108 Å². The van der Waals surface area contributed by atoms with E-state index < -0.39 is 0 Å². The van der Waals surface area contributed by atoms with Gasteiger partial charge in [0.2, 0.25) is 0 Å². The van der Waals surface area contributed by atoms with Crippen LogP contribution in [0.5, 0.6) is 0 Å². The highest BCUT2D eigenvalue weighted by atomic mass is 16.5. The van der Waals surface area contributed by atoms with Crippen molar-refractivity contribution >= 4 is 5.97 Å². The average molecular weight is 245 g/mol. The van der Waals surface area contributed by atoms with Crippen LogP contribution in [0.4, 0.5) is 0 Å². The van der Waals surface area contributed by atoms with Crippen molar-refractivity contribution in [3.8, 4) is 0 Å². The van der Waals surface area contributed by atoms with Crippen LogP contribution in [0.1, 0.15) is 37.8 Å². The van der Waals surface area contributed by atoms with Crippen LogP contribution in [0, 0.1) is 0 Å². The fourth-order valence-electron chi connectivity index (χ4n) is 2.34. The SMILES string of the molecule is COC(=O)C1=C(NC(C)c2ccccc2)CCC1. The Hall–Kier alpha value is -1.77. The van der Waals surface area contributed by atoms with Gasteiger partial charge >= 0.3 is 5.97 Å². The van der Waals surface area contributed by atoms with Crippen LogP contribution in [-0.4, -0.2) is 13.1 Å². The average Bonchev–Trinajstić information content (AvgIpc) is 2.87. The summed E-state index contributed by atoms with van der Waals surface area (Å²) in [6.07, 6.45) is 2.77. The first-order valence-corrected chi connectivity index (χ1v) is 6.34. The number of ether oxygens (including phenoxy) is 1. The summed E-state index contributed by atoms with van der Waals surface area (Å²) >= 11 is 0. The smallest absolute Gasteiger partial charge is 0.335 e. The second-order valence-corrected chi connectivity index (χ2v) is 4.58. The lowest BCUT2D eigenvalue weighted by Crippen LogP contribution is -2.20. The molecular formula is C15H19NO2. The summed E-state index contributed by atoms with van der Waals surface area (Å²) < 4.78 is 4.81. The summed E-state index contributed by atoms with van der Waals surface area (Å²) in [4.78, 5) is 11.6. The van der Waals surface area contributed by atoms with Crippen molar-refractivity contribution in [2.45, 2.75) is 32.2 Å². The van der Waals surface area contributed by atoms with Gasteiger partial charge in [0.15, 0.2) is 0 Å². The van der Waals surface area contributed by atoms with Crippen LogP contribution in [0.3, 0.4) is 0 Å². The monoisotopic (exact) mass is 245 g/mol. The molecule has 1 aromatic rings. The molecule has 0 spiro atoms. The third-order valence-electron chi connectivity index (χ3n) is 3.34. The highest BCUT2D eigenvalue weighted by molar-refractivity contribution is 5.89. The highest BCUT2D eigenvalue weighted by Crippen LogP contribution is 2.27.